The van der Waals surface area contributed by atoms with E-state index in [9.17, 15) is 18.0 Å². The molecule has 1 aliphatic carbocycles. The number of ether oxygens (including phenoxy) is 1. The van der Waals surface area contributed by atoms with E-state index in [1.54, 1.807) is 61.5 Å². The van der Waals surface area contributed by atoms with Crippen LogP contribution in [-0.2, 0) is 26.2 Å². The van der Waals surface area contributed by atoms with E-state index in [1.165, 1.54) is 17.0 Å². The second kappa shape index (κ2) is 14.5. The van der Waals surface area contributed by atoms with E-state index in [2.05, 4.69) is 5.32 Å². The number of anilines is 1. The molecular formula is C32H37Cl2N3O5S. The summed E-state index contributed by atoms with van der Waals surface area (Å²) < 4.78 is 34.6. The Morgan fingerprint density at radius 1 is 1.00 bits per heavy atom. The smallest absolute Gasteiger partial charge is 0.264 e. The quantitative estimate of drug-likeness (QED) is 0.247. The molecule has 4 rings (SSSR count). The van der Waals surface area contributed by atoms with Crippen molar-refractivity contribution in [2.24, 2.45) is 0 Å². The second-order valence-corrected chi connectivity index (χ2v) is 13.4. The van der Waals surface area contributed by atoms with E-state index in [0.29, 0.717) is 33.7 Å². The topological polar surface area (TPSA) is 96.0 Å². The minimum absolute atomic E-state index is 0.00338. The van der Waals surface area contributed by atoms with Gasteiger partial charge in [0.25, 0.3) is 10.0 Å². The summed E-state index contributed by atoms with van der Waals surface area (Å²) in [6.07, 6.45) is 3.85. The van der Waals surface area contributed by atoms with Crippen LogP contribution in [0.3, 0.4) is 0 Å². The summed E-state index contributed by atoms with van der Waals surface area (Å²) in [5.74, 6) is -0.329. The largest absolute Gasteiger partial charge is 0.494 e. The normalized spacial score (nSPS) is 14.3. The molecular weight excluding hydrogens is 609 g/mol. The van der Waals surface area contributed by atoms with Crippen molar-refractivity contribution in [2.45, 2.75) is 70.0 Å². The summed E-state index contributed by atoms with van der Waals surface area (Å²) in [5, 5.41) is 3.83. The van der Waals surface area contributed by atoms with Crippen LogP contribution < -0.4 is 14.4 Å². The minimum atomic E-state index is -4.19. The van der Waals surface area contributed by atoms with Crippen molar-refractivity contribution in [3.63, 3.8) is 0 Å². The molecule has 0 bridgehead atoms. The molecule has 43 heavy (non-hydrogen) atoms. The van der Waals surface area contributed by atoms with Gasteiger partial charge >= 0.3 is 0 Å². The summed E-state index contributed by atoms with van der Waals surface area (Å²) >= 11 is 12.6. The van der Waals surface area contributed by atoms with Gasteiger partial charge in [-0.15, -0.1) is 0 Å². The number of sulfonamides is 1. The first kappa shape index (κ1) is 32.6. The van der Waals surface area contributed by atoms with Gasteiger partial charge in [-0.05, 0) is 87.7 Å². The van der Waals surface area contributed by atoms with E-state index < -0.39 is 28.5 Å². The third-order valence-corrected chi connectivity index (χ3v) is 9.92. The first-order valence-corrected chi connectivity index (χ1v) is 16.5. The monoisotopic (exact) mass is 645 g/mol. The molecule has 0 aliphatic heterocycles. The van der Waals surface area contributed by atoms with Crippen LogP contribution in [0.25, 0.3) is 0 Å². The molecule has 3 aromatic rings. The number of hydrogen-bond acceptors (Lipinski definition) is 5. The predicted molar refractivity (Wildman–Crippen MR) is 170 cm³/mol. The molecule has 1 aliphatic rings. The highest BCUT2D eigenvalue weighted by molar-refractivity contribution is 7.92. The van der Waals surface area contributed by atoms with Gasteiger partial charge in [0.05, 0.1) is 17.2 Å². The average Bonchev–Trinajstić information content (AvgIpc) is 3.49. The van der Waals surface area contributed by atoms with Gasteiger partial charge < -0.3 is 15.0 Å². The Balaban J connectivity index is 1.69. The maximum absolute atomic E-state index is 14.1. The molecule has 1 atom stereocenters. The van der Waals surface area contributed by atoms with Gasteiger partial charge in [-0.2, -0.15) is 0 Å². The van der Waals surface area contributed by atoms with Gasteiger partial charge in [0.15, 0.2) is 0 Å². The zero-order chi connectivity index (χ0) is 31.1. The zero-order valence-electron chi connectivity index (χ0n) is 24.6. The summed E-state index contributed by atoms with van der Waals surface area (Å²) in [4.78, 5) is 28.9. The number of carbonyl (C=O) groups is 2. The van der Waals surface area contributed by atoms with E-state index in [0.717, 1.165) is 35.6 Å². The molecule has 3 aromatic carbocycles. The lowest BCUT2D eigenvalue weighted by Crippen LogP contribution is -2.52. The average molecular weight is 647 g/mol. The number of halogens is 2. The molecule has 230 valence electrons. The highest BCUT2D eigenvalue weighted by Gasteiger charge is 2.33. The number of nitrogens with zero attached hydrogens (tertiary/aromatic N) is 2. The summed E-state index contributed by atoms with van der Waals surface area (Å²) in [6, 6.07) is 17.0. The summed E-state index contributed by atoms with van der Waals surface area (Å²) in [5.41, 5.74) is 1.83. The highest BCUT2D eigenvalue weighted by atomic mass is 35.5. The van der Waals surface area contributed by atoms with Crippen molar-refractivity contribution < 1.29 is 22.7 Å². The number of rotatable bonds is 12. The number of benzene rings is 3. The van der Waals surface area contributed by atoms with E-state index in [1.807, 2.05) is 13.8 Å². The Labute approximate surface area is 264 Å². The van der Waals surface area contributed by atoms with Gasteiger partial charge in [0.2, 0.25) is 11.8 Å². The van der Waals surface area contributed by atoms with Crippen LogP contribution in [0.5, 0.6) is 5.75 Å². The number of carbonyl (C=O) groups excluding carboxylic acids is 2. The SMILES string of the molecule is CCOc1ccc(S(=O)(=O)N(CC(=O)N(Cc2ccc(Cl)cc2Cl)C(C)C(=O)NC2CCCC2)c2ccc(C)cc2)cc1. The molecule has 0 heterocycles. The van der Waals surface area contributed by atoms with Crippen LogP contribution in [-0.4, -0.2) is 50.4 Å². The van der Waals surface area contributed by atoms with Crippen molar-refractivity contribution in [2.75, 3.05) is 17.5 Å². The van der Waals surface area contributed by atoms with E-state index in [-0.39, 0.29) is 23.4 Å². The zero-order valence-corrected chi connectivity index (χ0v) is 26.9. The lowest BCUT2D eigenvalue weighted by Gasteiger charge is -2.32. The predicted octanol–water partition coefficient (Wildman–Crippen LogP) is 6.37. The van der Waals surface area contributed by atoms with Crippen LogP contribution in [0.1, 0.15) is 50.7 Å². The molecule has 1 saturated carbocycles. The highest BCUT2D eigenvalue weighted by Crippen LogP contribution is 2.28. The Hall–Kier alpha value is -3.27. The van der Waals surface area contributed by atoms with Gasteiger partial charge in [-0.1, -0.05) is 59.8 Å². The molecule has 1 N–H and O–H groups in total. The number of amides is 2. The van der Waals surface area contributed by atoms with Crippen molar-refractivity contribution in [3.05, 3.63) is 87.9 Å². The van der Waals surface area contributed by atoms with E-state index in [4.69, 9.17) is 27.9 Å². The first-order valence-electron chi connectivity index (χ1n) is 14.4. The van der Waals surface area contributed by atoms with Crippen molar-refractivity contribution in [1.82, 2.24) is 10.2 Å². The van der Waals surface area contributed by atoms with Crippen LogP contribution in [0.4, 0.5) is 5.69 Å². The van der Waals surface area contributed by atoms with Crippen LogP contribution >= 0.6 is 23.2 Å². The second-order valence-electron chi connectivity index (χ2n) is 10.7. The fraction of sp³-hybridized carbons (Fsp3) is 0.375. The standard InChI is InChI=1S/C32H37Cl2N3O5S/c1-4-42-28-15-17-29(18-16-28)43(40,41)37(27-13-9-22(2)10-14-27)21-31(38)36(20-24-11-12-25(33)19-30(24)34)23(3)32(39)35-26-7-5-6-8-26/h9-19,23,26H,4-8,20-21H2,1-3H3,(H,35,39). The Morgan fingerprint density at radius 3 is 2.26 bits per heavy atom. The van der Waals surface area contributed by atoms with Gasteiger partial charge in [0.1, 0.15) is 18.3 Å². The third kappa shape index (κ3) is 8.22. The molecule has 2 amide bonds. The Bertz CT molecular complexity index is 1530. The van der Waals surface area contributed by atoms with Gasteiger partial charge in [-0.25, -0.2) is 8.42 Å². The molecule has 1 fully saturated rings. The maximum Gasteiger partial charge on any atom is 0.264 e. The number of aryl methyl sites for hydroxylation is 1. The molecule has 1 unspecified atom stereocenters. The maximum atomic E-state index is 14.1. The van der Waals surface area contributed by atoms with Crippen molar-refractivity contribution in [3.8, 4) is 5.75 Å². The number of nitrogens with one attached hydrogen (secondary N) is 1. The Morgan fingerprint density at radius 2 is 1.65 bits per heavy atom. The molecule has 11 heteroatoms. The lowest BCUT2D eigenvalue weighted by molar-refractivity contribution is -0.139. The van der Waals surface area contributed by atoms with Crippen molar-refractivity contribution in [1.29, 1.82) is 0 Å². The van der Waals surface area contributed by atoms with Gasteiger partial charge in [0, 0.05) is 22.6 Å². The van der Waals surface area contributed by atoms with Crippen molar-refractivity contribution >= 4 is 50.7 Å². The third-order valence-electron chi connectivity index (χ3n) is 7.55. The van der Waals surface area contributed by atoms with Crippen LogP contribution in [0, 0.1) is 6.92 Å². The summed E-state index contributed by atoms with van der Waals surface area (Å²) in [6.45, 7) is 5.26. The minimum Gasteiger partial charge on any atom is -0.494 e. The molecule has 0 saturated heterocycles. The molecule has 0 spiro atoms. The fourth-order valence-corrected chi connectivity index (χ4v) is 6.93. The van der Waals surface area contributed by atoms with E-state index >= 15 is 0 Å². The fourth-order valence-electron chi connectivity index (χ4n) is 5.05. The number of hydrogen-bond donors (Lipinski definition) is 1. The molecule has 0 radical (unpaired) electrons. The Kier molecular flexibility index (Phi) is 11.0. The van der Waals surface area contributed by atoms with Crippen LogP contribution in [0.15, 0.2) is 71.6 Å². The first-order chi connectivity index (χ1) is 20.5. The van der Waals surface area contributed by atoms with Gasteiger partial charge in [-0.3, -0.25) is 13.9 Å². The summed E-state index contributed by atoms with van der Waals surface area (Å²) in [7, 11) is -4.19. The lowest BCUT2D eigenvalue weighted by atomic mass is 10.1. The molecule has 8 nitrogen and oxygen atoms in total. The molecule has 0 aromatic heterocycles. The van der Waals surface area contributed by atoms with Crippen LogP contribution in [0.2, 0.25) is 10.0 Å².